The fourth-order valence-corrected chi connectivity index (χ4v) is 3.23. The fraction of sp³-hybridized carbons (Fsp3) is 1.00. The van der Waals surface area contributed by atoms with Gasteiger partial charge in [0.1, 0.15) is 0 Å². The Balaban J connectivity index is 2.17. The van der Waals surface area contributed by atoms with Crippen LogP contribution in [0.3, 0.4) is 0 Å². The molecule has 20 heavy (non-hydrogen) atoms. The summed E-state index contributed by atoms with van der Waals surface area (Å²) in [5, 5.41) is 12.9. The van der Waals surface area contributed by atoms with E-state index in [4.69, 9.17) is 4.74 Å². The second-order valence-electron chi connectivity index (χ2n) is 6.47. The second-order valence-corrected chi connectivity index (χ2v) is 6.47. The number of hydrogen-bond donors (Lipinski definition) is 2. The van der Waals surface area contributed by atoms with Gasteiger partial charge in [0, 0.05) is 19.2 Å². The van der Waals surface area contributed by atoms with E-state index in [-0.39, 0.29) is 12.1 Å². The second kappa shape index (κ2) is 9.72. The summed E-state index contributed by atoms with van der Waals surface area (Å²) < 4.78 is 5.28. The van der Waals surface area contributed by atoms with Crippen LogP contribution in [0.4, 0.5) is 0 Å². The number of nitrogens with zero attached hydrogens (tertiary/aromatic N) is 1. The van der Waals surface area contributed by atoms with Crippen LogP contribution in [-0.2, 0) is 4.74 Å². The standard InChI is InChI=1S/C16H34N2O2/c1-4-17-16(2,14-19)9-5-6-10-18-11-7-8-15(12-18)13-20-3/h15,17,19H,4-14H2,1-3H3. The minimum atomic E-state index is -0.102. The van der Waals surface area contributed by atoms with E-state index >= 15 is 0 Å². The van der Waals surface area contributed by atoms with E-state index in [2.05, 4.69) is 24.1 Å². The lowest BCUT2D eigenvalue weighted by molar-refractivity contribution is 0.0889. The molecular weight excluding hydrogens is 252 g/mol. The molecule has 4 heteroatoms. The Morgan fingerprint density at radius 2 is 2.20 bits per heavy atom. The zero-order valence-corrected chi connectivity index (χ0v) is 13.7. The number of aliphatic hydroxyl groups excluding tert-OH is 1. The third kappa shape index (κ3) is 6.53. The zero-order chi connectivity index (χ0) is 14.8. The van der Waals surface area contributed by atoms with Gasteiger partial charge in [-0.2, -0.15) is 0 Å². The minimum Gasteiger partial charge on any atom is -0.394 e. The summed E-state index contributed by atoms with van der Waals surface area (Å²) in [7, 11) is 1.80. The van der Waals surface area contributed by atoms with Gasteiger partial charge >= 0.3 is 0 Å². The van der Waals surface area contributed by atoms with E-state index in [0.717, 1.165) is 25.5 Å². The number of hydrogen-bond acceptors (Lipinski definition) is 4. The van der Waals surface area contributed by atoms with Crippen molar-refractivity contribution in [1.29, 1.82) is 0 Å². The van der Waals surface area contributed by atoms with E-state index < -0.39 is 0 Å². The van der Waals surface area contributed by atoms with Gasteiger partial charge in [-0.3, -0.25) is 0 Å². The van der Waals surface area contributed by atoms with Crippen LogP contribution in [0.25, 0.3) is 0 Å². The Kier molecular flexibility index (Phi) is 8.69. The predicted molar refractivity (Wildman–Crippen MR) is 84.1 cm³/mol. The monoisotopic (exact) mass is 286 g/mol. The molecule has 0 aromatic rings. The summed E-state index contributed by atoms with van der Waals surface area (Å²) >= 11 is 0. The van der Waals surface area contributed by atoms with Gasteiger partial charge in [-0.25, -0.2) is 0 Å². The molecule has 1 rings (SSSR count). The maximum atomic E-state index is 9.47. The Bertz CT molecular complexity index is 249. The molecule has 1 aliphatic heterocycles. The molecule has 120 valence electrons. The van der Waals surface area contributed by atoms with E-state index in [1.54, 1.807) is 7.11 Å². The molecule has 0 aromatic carbocycles. The van der Waals surface area contributed by atoms with Gasteiger partial charge in [0.05, 0.1) is 13.2 Å². The number of piperidine rings is 1. The van der Waals surface area contributed by atoms with Crippen LogP contribution in [0, 0.1) is 5.92 Å². The predicted octanol–water partition coefficient (Wildman–Crippen LogP) is 1.88. The van der Waals surface area contributed by atoms with Gasteiger partial charge in [0.15, 0.2) is 0 Å². The van der Waals surface area contributed by atoms with Crippen molar-refractivity contribution in [2.75, 3.05) is 46.5 Å². The van der Waals surface area contributed by atoms with Crippen LogP contribution in [0.5, 0.6) is 0 Å². The summed E-state index contributed by atoms with van der Waals surface area (Å²) in [4.78, 5) is 2.58. The van der Waals surface area contributed by atoms with Crippen LogP contribution >= 0.6 is 0 Å². The van der Waals surface area contributed by atoms with Crippen molar-refractivity contribution in [3.63, 3.8) is 0 Å². The van der Waals surface area contributed by atoms with E-state index in [0.29, 0.717) is 0 Å². The molecule has 1 heterocycles. The SMILES string of the molecule is CCNC(C)(CO)CCCCN1CCCC(COC)C1. The fourth-order valence-electron chi connectivity index (χ4n) is 3.23. The van der Waals surface area contributed by atoms with Crippen LogP contribution in [-0.4, -0.2) is 62.0 Å². The molecule has 0 spiro atoms. The van der Waals surface area contributed by atoms with Crippen molar-refractivity contribution in [2.24, 2.45) is 5.92 Å². The maximum Gasteiger partial charge on any atom is 0.0610 e. The largest absolute Gasteiger partial charge is 0.394 e. The molecule has 0 radical (unpaired) electrons. The number of unbranched alkanes of at least 4 members (excludes halogenated alkanes) is 1. The van der Waals surface area contributed by atoms with Crippen LogP contribution in [0.15, 0.2) is 0 Å². The lowest BCUT2D eigenvalue weighted by Gasteiger charge is -2.33. The van der Waals surface area contributed by atoms with Crippen LogP contribution in [0.1, 0.15) is 46.0 Å². The third-order valence-corrected chi connectivity index (χ3v) is 4.41. The number of methoxy groups -OCH3 is 1. The lowest BCUT2D eigenvalue weighted by atomic mass is 9.95. The van der Waals surface area contributed by atoms with Gasteiger partial charge < -0.3 is 20.1 Å². The smallest absolute Gasteiger partial charge is 0.0610 e. The summed E-state index contributed by atoms with van der Waals surface area (Å²) in [6.07, 6.45) is 6.07. The Hall–Kier alpha value is -0.160. The molecule has 4 nitrogen and oxygen atoms in total. The number of rotatable bonds is 10. The molecule has 1 saturated heterocycles. The Labute approximate surface area is 124 Å². The van der Waals surface area contributed by atoms with Crippen molar-refractivity contribution in [3.05, 3.63) is 0 Å². The molecule has 2 unspecified atom stereocenters. The molecule has 1 aliphatic rings. The molecule has 0 aliphatic carbocycles. The van der Waals surface area contributed by atoms with E-state index in [9.17, 15) is 5.11 Å². The molecular formula is C16H34N2O2. The summed E-state index contributed by atoms with van der Waals surface area (Å²) in [5.41, 5.74) is -0.102. The molecule has 0 amide bonds. The lowest BCUT2D eigenvalue weighted by Crippen LogP contribution is -2.45. The number of aliphatic hydroxyl groups is 1. The van der Waals surface area contributed by atoms with Crippen LogP contribution in [0.2, 0.25) is 0 Å². The van der Waals surface area contributed by atoms with Gasteiger partial charge in [-0.15, -0.1) is 0 Å². The minimum absolute atomic E-state index is 0.102. The Morgan fingerprint density at radius 1 is 1.40 bits per heavy atom. The van der Waals surface area contributed by atoms with E-state index in [1.165, 1.54) is 45.3 Å². The van der Waals surface area contributed by atoms with Gasteiger partial charge in [0.25, 0.3) is 0 Å². The molecule has 1 fully saturated rings. The highest BCUT2D eigenvalue weighted by Crippen LogP contribution is 2.18. The first-order valence-corrected chi connectivity index (χ1v) is 8.20. The van der Waals surface area contributed by atoms with Crippen molar-refractivity contribution in [1.82, 2.24) is 10.2 Å². The number of ether oxygens (including phenoxy) is 1. The van der Waals surface area contributed by atoms with Crippen molar-refractivity contribution in [3.8, 4) is 0 Å². The number of likely N-dealkylation sites (N-methyl/N-ethyl adjacent to an activating group) is 1. The normalized spacial score (nSPS) is 23.7. The molecule has 0 aromatic heterocycles. The summed E-state index contributed by atoms with van der Waals surface area (Å²) in [6, 6.07) is 0. The van der Waals surface area contributed by atoms with Crippen molar-refractivity contribution in [2.45, 2.75) is 51.5 Å². The van der Waals surface area contributed by atoms with E-state index in [1.807, 2.05) is 0 Å². The molecule has 0 bridgehead atoms. The van der Waals surface area contributed by atoms with Crippen molar-refractivity contribution < 1.29 is 9.84 Å². The number of likely N-dealkylation sites (tertiary alicyclic amines) is 1. The van der Waals surface area contributed by atoms with Crippen molar-refractivity contribution >= 4 is 0 Å². The first-order valence-electron chi connectivity index (χ1n) is 8.20. The van der Waals surface area contributed by atoms with Gasteiger partial charge in [-0.05, 0) is 58.2 Å². The topological polar surface area (TPSA) is 44.7 Å². The van der Waals surface area contributed by atoms with Crippen LogP contribution < -0.4 is 5.32 Å². The first-order chi connectivity index (χ1) is 9.63. The molecule has 2 N–H and O–H groups in total. The van der Waals surface area contributed by atoms with Gasteiger partial charge in [-0.1, -0.05) is 13.3 Å². The third-order valence-electron chi connectivity index (χ3n) is 4.41. The Morgan fingerprint density at radius 3 is 2.85 bits per heavy atom. The summed E-state index contributed by atoms with van der Waals surface area (Å²) in [6.45, 7) is 9.88. The highest BCUT2D eigenvalue weighted by atomic mass is 16.5. The van der Waals surface area contributed by atoms with Gasteiger partial charge in [0.2, 0.25) is 0 Å². The summed E-state index contributed by atoms with van der Waals surface area (Å²) in [5.74, 6) is 0.721. The highest BCUT2D eigenvalue weighted by molar-refractivity contribution is 4.81. The average molecular weight is 286 g/mol. The average Bonchev–Trinajstić information content (AvgIpc) is 2.45. The zero-order valence-electron chi connectivity index (χ0n) is 13.7. The molecule has 2 atom stereocenters. The molecule has 0 saturated carbocycles. The number of nitrogens with one attached hydrogen (secondary N) is 1. The first kappa shape index (κ1) is 17.9. The highest BCUT2D eigenvalue weighted by Gasteiger charge is 2.22. The maximum absolute atomic E-state index is 9.47. The quantitative estimate of drug-likeness (QED) is 0.602.